The van der Waals surface area contributed by atoms with E-state index in [2.05, 4.69) is 20.6 Å². The SMILES string of the molecule is O=C(CN1CCCCCC1)Nc1cccc(NC(=O)c2ccc(=O)n(-c3ccc(F)cc3)n2)c1. The molecule has 2 amide bonds. The van der Waals surface area contributed by atoms with Gasteiger partial charge >= 0.3 is 0 Å². The zero-order valence-corrected chi connectivity index (χ0v) is 18.7. The van der Waals surface area contributed by atoms with Crippen LogP contribution in [0.3, 0.4) is 0 Å². The van der Waals surface area contributed by atoms with Crippen molar-refractivity contribution >= 4 is 23.2 Å². The molecule has 2 N–H and O–H groups in total. The van der Waals surface area contributed by atoms with Gasteiger partial charge in [0.25, 0.3) is 11.5 Å². The van der Waals surface area contributed by atoms with Crippen LogP contribution in [-0.2, 0) is 4.79 Å². The predicted octanol–water partition coefficient (Wildman–Crippen LogP) is 3.44. The number of nitrogens with one attached hydrogen (secondary N) is 2. The summed E-state index contributed by atoms with van der Waals surface area (Å²) in [5.74, 6) is -1.06. The lowest BCUT2D eigenvalue weighted by atomic mass is 10.2. The zero-order chi connectivity index (χ0) is 23.9. The van der Waals surface area contributed by atoms with E-state index >= 15 is 0 Å². The van der Waals surface area contributed by atoms with Crippen LogP contribution in [0.5, 0.6) is 0 Å². The van der Waals surface area contributed by atoms with Crippen molar-refractivity contribution in [1.82, 2.24) is 14.7 Å². The second-order valence-corrected chi connectivity index (χ2v) is 8.22. The van der Waals surface area contributed by atoms with E-state index in [-0.39, 0.29) is 11.6 Å². The molecule has 9 heteroatoms. The van der Waals surface area contributed by atoms with Crippen LogP contribution in [0.1, 0.15) is 36.2 Å². The summed E-state index contributed by atoms with van der Waals surface area (Å²) in [6, 6.07) is 14.6. The second-order valence-electron chi connectivity index (χ2n) is 8.22. The fourth-order valence-electron chi connectivity index (χ4n) is 3.87. The normalized spacial score (nSPS) is 14.3. The Morgan fingerprint density at radius 2 is 1.56 bits per heavy atom. The molecule has 8 nitrogen and oxygen atoms in total. The number of anilines is 2. The van der Waals surface area contributed by atoms with Crippen molar-refractivity contribution < 1.29 is 14.0 Å². The first-order chi connectivity index (χ1) is 16.5. The molecule has 176 valence electrons. The third kappa shape index (κ3) is 6.14. The summed E-state index contributed by atoms with van der Waals surface area (Å²) in [6.45, 7) is 2.19. The second kappa shape index (κ2) is 10.8. The molecule has 34 heavy (non-hydrogen) atoms. The van der Waals surface area contributed by atoms with Crippen molar-refractivity contribution in [3.63, 3.8) is 0 Å². The average molecular weight is 464 g/mol. The maximum absolute atomic E-state index is 13.2. The number of aromatic nitrogens is 2. The molecule has 0 atom stereocenters. The molecule has 4 rings (SSSR count). The van der Waals surface area contributed by atoms with E-state index in [0.29, 0.717) is 23.6 Å². The van der Waals surface area contributed by atoms with Crippen LogP contribution in [0.4, 0.5) is 15.8 Å². The molecule has 2 heterocycles. The molecular formula is C25H26FN5O3. The van der Waals surface area contributed by atoms with E-state index in [9.17, 15) is 18.8 Å². The number of hydrogen-bond acceptors (Lipinski definition) is 5. The molecule has 0 spiro atoms. The first-order valence-electron chi connectivity index (χ1n) is 11.3. The summed E-state index contributed by atoms with van der Waals surface area (Å²) < 4.78 is 14.2. The Kier molecular flexibility index (Phi) is 7.44. The smallest absolute Gasteiger partial charge is 0.276 e. The van der Waals surface area contributed by atoms with Gasteiger partial charge in [0, 0.05) is 17.4 Å². The molecule has 1 saturated heterocycles. The lowest BCUT2D eigenvalue weighted by Crippen LogP contribution is -2.33. The number of amides is 2. The van der Waals surface area contributed by atoms with Gasteiger partial charge in [-0.1, -0.05) is 18.9 Å². The Hall–Kier alpha value is -3.85. The number of benzene rings is 2. The lowest BCUT2D eigenvalue weighted by molar-refractivity contribution is -0.117. The summed E-state index contributed by atoms with van der Waals surface area (Å²) in [4.78, 5) is 39.6. The first kappa shape index (κ1) is 23.3. The summed E-state index contributed by atoms with van der Waals surface area (Å²) in [5.41, 5.74) is 0.952. The summed E-state index contributed by atoms with van der Waals surface area (Å²) in [6.07, 6.45) is 4.63. The highest BCUT2D eigenvalue weighted by Gasteiger charge is 2.14. The van der Waals surface area contributed by atoms with Crippen LogP contribution in [-0.4, -0.2) is 46.1 Å². The van der Waals surface area contributed by atoms with Crippen LogP contribution in [0, 0.1) is 5.82 Å². The van der Waals surface area contributed by atoms with E-state index in [1.807, 2.05) is 0 Å². The van der Waals surface area contributed by atoms with Crippen molar-refractivity contribution in [2.75, 3.05) is 30.3 Å². The quantitative estimate of drug-likeness (QED) is 0.584. The molecule has 3 aromatic rings. The molecule has 0 aliphatic carbocycles. The van der Waals surface area contributed by atoms with E-state index in [4.69, 9.17) is 0 Å². The molecule has 1 aliphatic heterocycles. The Morgan fingerprint density at radius 1 is 0.882 bits per heavy atom. The summed E-state index contributed by atoms with van der Waals surface area (Å²) in [5, 5.41) is 9.72. The number of carbonyl (C=O) groups is 2. The van der Waals surface area contributed by atoms with Crippen molar-refractivity contribution in [2.24, 2.45) is 0 Å². The van der Waals surface area contributed by atoms with Gasteiger partial charge in [-0.2, -0.15) is 9.78 Å². The van der Waals surface area contributed by atoms with Crippen LogP contribution in [0.15, 0.2) is 65.5 Å². The summed E-state index contributed by atoms with van der Waals surface area (Å²) >= 11 is 0. The highest BCUT2D eigenvalue weighted by atomic mass is 19.1. The number of carbonyl (C=O) groups excluding carboxylic acids is 2. The fourth-order valence-corrected chi connectivity index (χ4v) is 3.87. The molecule has 0 unspecified atom stereocenters. The van der Waals surface area contributed by atoms with Gasteiger partial charge in [-0.15, -0.1) is 0 Å². The molecular weight excluding hydrogens is 437 g/mol. The van der Waals surface area contributed by atoms with Crippen molar-refractivity contribution in [3.05, 3.63) is 82.5 Å². The first-order valence-corrected chi connectivity index (χ1v) is 11.3. The Labute approximate surface area is 196 Å². The number of likely N-dealkylation sites (tertiary alicyclic amines) is 1. The highest BCUT2D eigenvalue weighted by molar-refractivity contribution is 6.03. The molecule has 0 saturated carbocycles. The highest BCUT2D eigenvalue weighted by Crippen LogP contribution is 2.17. The average Bonchev–Trinajstić information content (AvgIpc) is 3.09. The maximum atomic E-state index is 13.2. The van der Waals surface area contributed by atoms with Crippen LogP contribution in [0.25, 0.3) is 5.69 Å². The molecule has 1 aromatic heterocycles. The van der Waals surface area contributed by atoms with Crippen LogP contribution < -0.4 is 16.2 Å². The minimum atomic E-state index is -0.524. The molecule has 2 aromatic carbocycles. The minimum absolute atomic E-state index is 0.0135. The number of halogens is 1. The lowest BCUT2D eigenvalue weighted by Gasteiger charge is -2.19. The van der Waals surface area contributed by atoms with Crippen LogP contribution in [0.2, 0.25) is 0 Å². The third-order valence-corrected chi connectivity index (χ3v) is 5.57. The van der Waals surface area contributed by atoms with Gasteiger partial charge in [-0.05, 0) is 74.5 Å². The molecule has 1 fully saturated rings. The van der Waals surface area contributed by atoms with Gasteiger partial charge in [0.2, 0.25) is 5.91 Å². The topological polar surface area (TPSA) is 96.3 Å². The van der Waals surface area contributed by atoms with Crippen molar-refractivity contribution in [3.8, 4) is 5.69 Å². The Balaban J connectivity index is 1.42. The maximum Gasteiger partial charge on any atom is 0.276 e. The molecule has 0 bridgehead atoms. The molecule has 1 aliphatic rings. The predicted molar refractivity (Wildman–Crippen MR) is 128 cm³/mol. The van der Waals surface area contributed by atoms with E-state index in [0.717, 1.165) is 30.6 Å². The number of hydrogen-bond donors (Lipinski definition) is 2. The number of rotatable bonds is 6. The zero-order valence-electron chi connectivity index (χ0n) is 18.7. The van der Waals surface area contributed by atoms with Gasteiger partial charge in [-0.3, -0.25) is 19.3 Å². The largest absolute Gasteiger partial charge is 0.325 e. The van der Waals surface area contributed by atoms with E-state index < -0.39 is 17.3 Å². The monoisotopic (exact) mass is 463 g/mol. The standard InChI is InChI=1S/C25H26FN5O3/c26-18-8-10-21(11-9-18)31-24(33)13-12-22(29-31)25(34)28-20-7-5-6-19(16-20)27-23(32)17-30-14-3-1-2-4-15-30/h5-13,16H,1-4,14-15,17H2,(H,27,32)(H,28,34). The van der Waals surface area contributed by atoms with Gasteiger partial charge in [0.1, 0.15) is 11.5 Å². The van der Waals surface area contributed by atoms with Crippen molar-refractivity contribution in [1.29, 1.82) is 0 Å². The van der Waals surface area contributed by atoms with Gasteiger partial charge in [0.05, 0.1) is 12.2 Å². The molecule has 0 radical (unpaired) electrons. The van der Waals surface area contributed by atoms with Crippen molar-refractivity contribution in [2.45, 2.75) is 25.7 Å². The Bertz CT molecular complexity index is 1220. The number of nitrogens with zero attached hydrogens (tertiary/aromatic N) is 3. The van der Waals surface area contributed by atoms with Crippen LogP contribution >= 0.6 is 0 Å². The Morgan fingerprint density at radius 3 is 2.26 bits per heavy atom. The third-order valence-electron chi connectivity index (χ3n) is 5.57. The fraction of sp³-hybridized carbons (Fsp3) is 0.280. The van der Waals surface area contributed by atoms with Gasteiger partial charge in [-0.25, -0.2) is 4.39 Å². The van der Waals surface area contributed by atoms with Gasteiger partial charge in [0.15, 0.2) is 0 Å². The van der Waals surface area contributed by atoms with E-state index in [1.165, 1.54) is 49.2 Å². The minimum Gasteiger partial charge on any atom is -0.325 e. The summed E-state index contributed by atoms with van der Waals surface area (Å²) in [7, 11) is 0. The van der Waals surface area contributed by atoms with E-state index in [1.54, 1.807) is 24.3 Å². The van der Waals surface area contributed by atoms with Gasteiger partial charge < -0.3 is 10.6 Å².